The van der Waals surface area contributed by atoms with E-state index in [1.54, 1.807) is 19.1 Å². The van der Waals surface area contributed by atoms with Crippen LogP contribution in [0.1, 0.15) is 11.4 Å². The second-order valence-corrected chi connectivity index (χ2v) is 10.4. The highest BCUT2D eigenvalue weighted by atomic mass is 32.2. The van der Waals surface area contributed by atoms with E-state index < -0.39 is 10.0 Å². The molecule has 1 aliphatic heterocycles. The zero-order valence-electron chi connectivity index (χ0n) is 18.4. The van der Waals surface area contributed by atoms with E-state index in [1.807, 2.05) is 41.8 Å². The first-order chi connectivity index (χ1) is 15.9. The summed E-state index contributed by atoms with van der Waals surface area (Å²) in [5.74, 6) is 0.559. The second-order valence-electron chi connectivity index (χ2n) is 7.53. The summed E-state index contributed by atoms with van der Waals surface area (Å²) in [6.45, 7) is 4.98. The van der Waals surface area contributed by atoms with Gasteiger partial charge in [0.15, 0.2) is 5.16 Å². The van der Waals surface area contributed by atoms with Gasteiger partial charge in [-0.15, -0.1) is 10.2 Å². The quantitative estimate of drug-likeness (QED) is 0.511. The van der Waals surface area contributed by atoms with Gasteiger partial charge < -0.3 is 10.1 Å². The zero-order chi connectivity index (χ0) is 23.4. The molecule has 11 heteroatoms. The largest absolute Gasteiger partial charge is 0.379 e. The van der Waals surface area contributed by atoms with Gasteiger partial charge in [-0.2, -0.15) is 4.31 Å². The number of carbonyl (C=O) groups excluding carboxylic acids is 1. The molecule has 0 atom stereocenters. The number of sulfonamides is 1. The van der Waals surface area contributed by atoms with E-state index >= 15 is 0 Å². The first-order valence-corrected chi connectivity index (χ1v) is 12.9. The number of carbonyl (C=O) groups is 1. The van der Waals surface area contributed by atoms with Crippen LogP contribution >= 0.6 is 11.8 Å². The molecule has 33 heavy (non-hydrogen) atoms. The van der Waals surface area contributed by atoms with Gasteiger partial charge in [-0.1, -0.05) is 36.0 Å². The van der Waals surface area contributed by atoms with Crippen LogP contribution in [0, 0.1) is 13.8 Å². The topological polar surface area (TPSA) is 106 Å². The third kappa shape index (κ3) is 5.27. The number of para-hydroxylation sites is 1. The standard InChI is InChI=1S/C22H25N5O4S2/c1-16-8-9-18(14-20(16)33(29,30)26-10-12-31-13-11-26)23-21(28)15-32-22-25-24-17(2)27(22)19-6-4-3-5-7-19/h3-9,14H,10-13,15H2,1-2H3,(H,23,28). The maximum Gasteiger partial charge on any atom is 0.243 e. The third-order valence-electron chi connectivity index (χ3n) is 5.20. The van der Waals surface area contributed by atoms with E-state index in [4.69, 9.17) is 4.74 Å². The van der Waals surface area contributed by atoms with Crippen LogP contribution in [0.25, 0.3) is 5.69 Å². The van der Waals surface area contributed by atoms with Crippen LogP contribution in [0.15, 0.2) is 58.6 Å². The molecule has 1 saturated heterocycles. The number of ether oxygens (including phenoxy) is 1. The molecule has 0 unspecified atom stereocenters. The van der Waals surface area contributed by atoms with Crippen molar-refractivity contribution in [3.63, 3.8) is 0 Å². The van der Waals surface area contributed by atoms with E-state index in [0.29, 0.717) is 42.7 Å². The number of rotatable bonds is 7. The summed E-state index contributed by atoms with van der Waals surface area (Å²) in [7, 11) is -3.66. The third-order valence-corrected chi connectivity index (χ3v) is 8.17. The number of benzene rings is 2. The molecule has 9 nitrogen and oxygen atoms in total. The Labute approximate surface area is 197 Å². The molecule has 0 spiro atoms. The van der Waals surface area contributed by atoms with E-state index in [-0.39, 0.29) is 16.6 Å². The predicted molar refractivity (Wildman–Crippen MR) is 126 cm³/mol. The molecule has 1 N–H and O–H groups in total. The number of hydrogen-bond donors (Lipinski definition) is 1. The highest BCUT2D eigenvalue weighted by Crippen LogP contribution is 2.25. The first-order valence-electron chi connectivity index (χ1n) is 10.4. The monoisotopic (exact) mass is 487 g/mol. The number of morpholine rings is 1. The van der Waals surface area contributed by atoms with Crippen molar-refractivity contribution in [2.24, 2.45) is 0 Å². The molecule has 2 aromatic carbocycles. The van der Waals surface area contributed by atoms with Gasteiger partial charge in [0.2, 0.25) is 15.9 Å². The van der Waals surface area contributed by atoms with Crippen molar-refractivity contribution < 1.29 is 17.9 Å². The van der Waals surface area contributed by atoms with Crippen LogP contribution < -0.4 is 5.32 Å². The molecule has 0 aliphatic carbocycles. The fourth-order valence-corrected chi connectivity index (χ4v) is 5.98. The van der Waals surface area contributed by atoms with Crippen molar-refractivity contribution in [2.45, 2.75) is 23.9 Å². The first kappa shape index (κ1) is 23.4. The number of hydrogen-bond acceptors (Lipinski definition) is 7. The van der Waals surface area contributed by atoms with Crippen molar-refractivity contribution in [3.8, 4) is 5.69 Å². The van der Waals surface area contributed by atoms with Crippen LogP contribution in [-0.4, -0.2) is 65.5 Å². The smallest absolute Gasteiger partial charge is 0.243 e. The van der Waals surface area contributed by atoms with Gasteiger partial charge in [0.1, 0.15) is 5.82 Å². The number of aryl methyl sites for hydroxylation is 2. The van der Waals surface area contributed by atoms with Gasteiger partial charge in [-0.25, -0.2) is 8.42 Å². The fourth-order valence-electron chi connectivity index (χ4n) is 3.52. The maximum atomic E-state index is 13.1. The fraction of sp³-hybridized carbons (Fsp3) is 0.318. The lowest BCUT2D eigenvalue weighted by Gasteiger charge is -2.26. The van der Waals surface area contributed by atoms with Crippen molar-refractivity contribution in [1.82, 2.24) is 19.1 Å². The summed E-state index contributed by atoms with van der Waals surface area (Å²) in [5, 5.41) is 11.7. The SMILES string of the molecule is Cc1ccc(NC(=O)CSc2nnc(C)n2-c2ccccc2)cc1S(=O)(=O)N1CCOCC1. The predicted octanol–water partition coefficient (Wildman–Crippen LogP) is 2.64. The summed E-state index contributed by atoms with van der Waals surface area (Å²) in [5.41, 5.74) is 1.97. The van der Waals surface area contributed by atoms with E-state index in [0.717, 1.165) is 11.5 Å². The zero-order valence-corrected chi connectivity index (χ0v) is 20.0. The molecule has 0 bridgehead atoms. The average Bonchev–Trinajstić information content (AvgIpc) is 3.20. The minimum absolute atomic E-state index is 0.102. The molecular formula is C22H25N5O4S2. The van der Waals surface area contributed by atoms with E-state index in [2.05, 4.69) is 15.5 Å². The van der Waals surface area contributed by atoms with Gasteiger partial charge >= 0.3 is 0 Å². The summed E-state index contributed by atoms with van der Waals surface area (Å²) < 4.78 is 34.7. The summed E-state index contributed by atoms with van der Waals surface area (Å²) in [4.78, 5) is 12.8. The molecule has 3 aromatic rings. The average molecular weight is 488 g/mol. The molecule has 1 fully saturated rings. The van der Waals surface area contributed by atoms with Gasteiger partial charge in [-0.3, -0.25) is 9.36 Å². The number of aromatic nitrogens is 3. The Kier molecular flexibility index (Phi) is 7.13. The molecule has 174 valence electrons. The van der Waals surface area contributed by atoms with Crippen LogP contribution in [0.4, 0.5) is 5.69 Å². The Hall–Kier alpha value is -2.73. The molecule has 0 saturated carbocycles. The molecular weight excluding hydrogens is 462 g/mol. The van der Waals surface area contributed by atoms with Gasteiger partial charge in [0, 0.05) is 24.5 Å². The van der Waals surface area contributed by atoms with Gasteiger partial charge in [-0.05, 0) is 43.7 Å². The Bertz CT molecular complexity index is 1240. The van der Waals surface area contributed by atoms with Crippen LogP contribution in [-0.2, 0) is 19.6 Å². The Morgan fingerprint density at radius 3 is 2.55 bits per heavy atom. The van der Waals surface area contributed by atoms with Crippen molar-refractivity contribution in [3.05, 3.63) is 59.9 Å². The van der Waals surface area contributed by atoms with Crippen molar-refractivity contribution >= 4 is 33.4 Å². The van der Waals surface area contributed by atoms with E-state index in [1.165, 1.54) is 22.1 Å². The minimum Gasteiger partial charge on any atom is -0.379 e. The summed E-state index contributed by atoms with van der Waals surface area (Å²) in [6, 6.07) is 14.6. The Morgan fingerprint density at radius 1 is 1.09 bits per heavy atom. The molecule has 1 aliphatic rings. The lowest BCUT2D eigenvalue weighted by atomic mass is 10.2. The highest BCUT2D eigenvalue weighted by Gasteiger charge is 2.28. The number of nitrogens with zero attached hydrogens (tertiary/aromatic N) is 4. The van der Waals surface area contributed by atoms with Crippen LogP contribution in [0.5, 0.6) is 0 Å². The summed E-state index contributed by atoms with van der Waals surface area (Å²) >= 11 is 1.26. The number of amides is 1. The molecule has 0 radical (unpaired) electrons. The number of thioether (sulfide) groups is 1. The Balaban J connectivity index is 1.45. The summed E-state index contributed by atoms with van der Waals surface area (Å²) in [6.07, 6.45) is 0. The van der Waals surface area contributed by atoms with Crippen molar-refractivity contribution in [1.29, 1.82) is 0 Å². The van der Waals surface area contributed by atoms with Gasteiger partial charge in [0.05, 0.1) is 23.9 Å². The molecule has 1 aromatic heterocycles. The Morgan fingerprint density at radius 2 is 1.82 bits per heavy atom. The van der Waals surface area contributed by atoms with Crippen LogP contribution in [0.3, 0.4) is 0 Å². The number of nitrogens with one attached hydrogen (secondary N) is 1. The lowest BCUT2D eigenvalue weighted by molar-refractivity contribution is -0.113. The maximum absolute atomic E-state index is 13.1. The number of anilines is 1. The van der Waals surface area contributed by atoms with Crippen LogP contribution in [0.2, 0.25) is 0 Å². The lowest BCUT2D eigenvalue weighted by Crippen LogP contribution is -2.40. The normalized spacial score (nSPS) is 14.8. The second kappa shape index (κ2) is 10.0. The van der Waals surface area contributed by atoms with Gasteiger partial charge in [0.25, 0.3) is 0 Å². The molecule has 1 amide bonds. The van der Waals surface area contributed by atoms with E-state index in [9.17, 15) is 13.2 Å². The highest BCUT2D eigenvalue weighted by molar-refractivity contribution is 7.99. The van der Waals surface area contributed by atoms with Crippen molar-refractivity contribution in [2.75, 3.05) is 37.4 Å². The minimum atomic E-state index is -3.66. The molecule has 4 rings (SSSR count). The molecule has 2 heterocycles.